The summed E-state index contributed by atoms with van der Waals surface area (Å²) in [4.78, 5) is 4.57. The van der Waals surface area contributed by atoms with Gasteiger partial charge in [-0.3, -0.25) is 4.98 Å². The van der Waals surface area contributed by atoms with Gasteiger partial charge in [0.15, 0.2) is 0 Å². The zero-order valence-electron chi connectivity index (χ0n) is 21.5. The molecule has 8 rings (SSSR count). The second kappa shape index (κ2) is 9.92. The lowest BCUT2D eigenvalue weighted by molar-refractivity contribution is -0.984. The Labute approximate surface area is 234 Å². The Morgan fingerprint density at radius 3 is 2.29 bits per heavy atom. The first kappa shape index (κ1) is 25.2. The second-order valence-electron chi connectivity index (χ2n) is 11.2. The van der Waals surface area contributed by atoms with E-state index in [1.54, 1.807) is 0 Å². The van der Waals surface area contributed by atoms with Crippen LogP contribution >= 0.6 is 0 Å². The first-order valence-corrected chi connectivity index (χ1v) is 13.6. The van der Waals surface area contributed by atoms with Crippen LogP contribution in [-0.2, 0) is 6.54 Å². The molecule has 3 aliphatic rings. The van der Waals surface area contributed by atoms with E-state index in [9.17, 15) is 5.11 Å². The van der Waals surface area contributed by atoms with Crippen molar-refractivity contribution in [3.8, 4) is 0 Å². The lowest BCUT2D eigenvalue weighted by Gasteiger charge is -2.58. The highest BCUT2D eigenvalue weighted by Crippen LogP contribution is 2.49. The number of aliphatic hydroxyl groups excluding tert-OH is 1. The first-order valence-electron chi connectivity index (χ1n) is 13.6. The van der Waals surface area contributed by atoms with Crippen LogP contribution in [0.5, 0.6) is 0 Å². The highest BCUT2D eigenvalue weighted by atomic mass is 79.9. The minimum Gasteiger partial charge on any atom is -1.00 e. The fourth-order valence-electron chi connectivity index (χ4n) is 7.56. The van der Waals surface area contributed by atoms with Crippen LogP contribution in [0.2, 0.25) is 0 Å². The summed E-state index contributed by atoms with van der Waals surface area (Å²) in [7, 11) is 0. The zero-order chi connectivity index (χ0) is 25.0. The van der Waals surface area contributed by atoms with Gasteiger partial charge in [0.05, 0.1) is 18.6 Å². The Bertz CT molecular complexity index is 1590. The largest absolute Gasteiger partial charge is 1.00 e. The molecule has 2 bridgehead atoms. The predicted molar refractivity (Wildman–Crippen MR) is 152 cm³/mol. The molecule has 5 atom stereocenters. The number of pyridine rings is 1. The summed E-state index contributed by atoms with van der Waals surface area (Å²) in [6.07, 6.45) is 5.72. The minimum atomic E-state index is -0.539. The molecule has 0 saturated carbocycles. The van der Waals surface area contributed by atoms with Crippen LogP contribution in [0.15, 0.2) is 104 Å². The van der Waals surface area contributed by atoms with Crippen molar-refractivity contribution in [2.24, 2.45) is 11.8 Å². The van der Waals surface area contributed by atoms with E-state index in [0.717, 1.165) is 47.0 Å². The molecule has 38 heavy (non-hydrogen) atoms. The smallest absolute Gasteiger partial charge is 0.131 e. The number of nitrogens with zero attached hydrogens (tertiary/aromatic N) is 2. The molecule has 1 aromatic heterocycles. The number of aliphatic hydroxyl groups is 1. The van der Waals surface area contributed by atoms with Crippen molar-refractivity contribution in [1.82, 2.24) is 4.98 Å². The summed E-state index contributed by atoms with van der Waals surface area (Å²) < 4.78 is 0.906. The van der Waals surface area contributed by atoms with Crippen molar-refractivity contribution in [3.63, 3.8) is 0 Å². The topological polar surface area (TPSA) is 33.1 Å². The lowest BCUT2D eigenvalue weighted by Crippen LogP contribution is -3.00. The molecule has 0 spiro atoms. The number of aromatic nitrogens is 1. The van der Waals surface area contributed by atoms with Crippen LogP contribution in [0.25, 0.3) is 32.4 Å². The molecule has 3 fully saturated rings. The summed E-state index contributed by atoms with van der Waals surface area (Å²) in [6.45, 7) is 7.28. The van der Waals surface area contributed by atoms with Gasteiger partial charge >= 0.3 is 0 Å². The molecule has 0 radical (unpaired) electrons. The van der Waals surface area contributed by atoms with E-state index >= 15 is 0 Å². The molecule has 192 valence electrons. The number of hydrogen-bond acceptors (Lipinski definition) is 2. The molecule has 1 N–H and O–H groups in total. The molecule has 4 aromatic carbocycles. The van der Waals surface area contributed by atoms with Gasteiger partial charge in [-0.2, -0.15) is 0 Å². The van der Waals surface area contributed by atoms with Crippen LogP contribution in [0.1, 0.15) is 30.1 Å². The van der Waals surface area contributed by atoms with Crippen LogP contribution < -0.4 is 17.0 Å². The van der Waals surface area contributed by atoms with Crippen molar-refractivity contribution >= 4 is 32.4 Å². The second-order valence-corrected chi connectivity index (χ2v) is 11.2. The number of quaternary nitrogens is 1. The van der Waals surface area contributed by atoms with E-state index in [2.05, 4.69) is 78.3 Å². The van der Waals surface area contributed by atoms with Crippen molar-refractivity contribution in [2.45, 2.75) is 31.5 Å². The molecule has 5 aromatic rings. The summed E-state index contributed by atoms with van der Waals surface area (Å²) in [5, 5.41) is 18.4. The van der Waals surface area contributed by atoms with Gasteiger partial charge < -0.3 is 26.6 Å². The average molecular weight is 566 g/mol. The molecular formula is C34H33BrN2O. The standard InChI is InChI=1S/C34H33N2O.BrH/c1-2-23-21-36(22-31-27-11-5-3-9-25(27)19-26-10-4-6-12-28(26)31)18-16-24(23)20-33(36)34(37)30-15-17-35-32-14-8-7-13-29(30)32;/h2-15,17,19,23-24,33-34,37H,1,16,18,20-22H2;1H/q+1;/p-1/t23-,24-,33+,34-,36-;/m0./s1. The van der Waals surface area contributed by atoms with Gasteiger partial charge in [0.25, 0.3) is 0 Å². The number of piperidine rings is 3. The zero-order valence-corrected chi connectivity index (χ0v) is 23.1. The quantitative estimate of drug-likeness (QED) is 0.197. The van der Waals surface area contributed by atoms with Crippen LogP contribution in [-0.4, -0.2) is 33.7 Å². The van der Waals surface area contributed by atoms with E-state index < -0.39 is 6.10 Å². The van der Waals surface area contributed by atoms with Crippen molar-refractivity contribution in [2.75, 3.05) is 13.1 Å². The highest BCUT2D eigenvalue weighted by Gasteiger charge is 2.54. The Morgan fingerprint density at radius 1 is 0.921 bits per heavy atom. The lowest BCUT2D eigenvalue weighted by atomic mass is 9.71. The summed E-state index contributed by atoms with van der Waals surface area (Å²) in [6, 6.07) is 30.3. The van der Waals surface area contributed by atoms with E-state index in [1.165, 1.54) is 33.5 Å². The molecule has 0 amide bonds. The average Bonchev–Trinajstić information content (AvgIpc) is 2.96. The number of rotatable bonds is 5. The van der Waals surface area contributed by atoms with Crippen LogP contribution in [0.4, 0.5) is 0 Å². The molecule has 3 aliphatic heterocycles. The van der Waals surface area contributed by atoms with Gasteiger partial charge in [-0.1, -0.05) is 72.8 Å². The number of halogens is 1. The number of fused-ring (bicyclic) bond motifs is 6. The third kappa shape index (κ3) is 3.98. The third-order valence-electron chi connectivity index (χ3n) is 9.40. The molecule has 0 aliphatic carbocycles. The van der Waals surface area contributed by atoms with Crippen LogP contribution in [0, 0.1) is 11.8 Å². The number of benzene rings is 4. The summed E-state index contributed by atoms with van der Waals surface area (Å²) >= 11 is 0. The van der Waals surface area contributed by atoms with E-state index in [-0.39, 0.29) is 23.0 Å². The number of hydrogen-bond donors (Lipinski definition) is 1. The Balaban J connectivity index is 0.00000264. The van der Waals surface area contributed by atoms with Gasteiger partial charge in [-0.25, -0.2) is 0 Å². The Morgan fingerprint density at radius 2 is 1.58 bits per heavy atom. The highest BCUT2D eigenvalue weighted by molar-refractivity contribution is 6.02. The van der Waals surface area contributed by atoms with Crippen molar-refractivity contribution < 1.29 is 26.6 Å². The molecule has 4 heterocycles. The fourth-order valence-corrected chi connectivity index (χ4v) is 7.56. The maximum atomic E-state index is 12.1. The number of para-hydroxylation sites is 1. The molecule has 0 unspecified atom stereocenters. The maximum Gasteiger partial charge on any atom is 0.131 e. The SMILES string of the molecule is C=C[C@H]1C[N@+]2(Cc3c4ccccc4cc4ccccc34)CC[C@H]1C[C@@H]2[C@@H](O)c1ccnc2ccccc12.[Br-]. The van der Waals surface area contributed by atoms with E-state index in [1.807, 2.05) is 30.5 Å². The van der Waals surface area contributed by atoms with E-state index in [0.29, 0.717) is 11.8 Å². The Kier molecular flexibility index (Phi) is 6.59. The van der Waals surface area contributed by atoms with Gasteiger partial charge in [0.1, 0.15) is 18.7 Å². The predicted octanol–water partition coefficient (Wildman–Crippen LogP) is 4.19. The molecule has 3 saturated heterocycles. The van der Waals surface area contributed by atoms with E-state index in [4.69, 9.17) is 0 Å². The maximum absolute atomic E-state index is 12.1. The van der Waals surface area contributed by atoms with Gasteiger partial charge in [-0.15, -0.1) is 6.58 Å². The van der Waals surface area contributed by atoms with Gasteiger partial charge in [0, 0.05) is 35.9 Å². The molecule has 3 nitrogen and oxygen atoms in total. The van der Waals surface area contributed by atoms with Crippen molar-refractivity contribution in [1.29, 1.82) is 0 Å². The summed E-state index contributed by atoms with van der Waals surface area (Å²) in [5.74, 6) is 1.09. The summed E-state index contributed by atoms with van der Waals surface area (Å²) in [5.41, 5.74) is 3.37. The van der Waals surface area contributed by atoms with Gasteiger partial charge in [-0.05, 0) is 51.2 Å². The first-order chi connectivity index (χ1) is 18.2. The van der Waals surface area contributed by atoms with Crippen LogP contribution in [0.3, 0.4) is 0 Å². The van der Waals surface area contributed by atoms with Gasteiger partial charge in [0.2, 0.25) is 0 Å². The van der Waals surface area contributed by atoms with Crippen molar-refractivity contribution in [3.05, 3.63) is 115 Å². The Hall–Kier alpha value is -3.05. The normalized spacial score (nSPS) is 25.3. The molecular weight excluding hydrogens is 532 g/mol. The molecule has 4 heteroatoms. The third-order valence-corrected chi connectivity index (χ3v) is 9.40. The minimum absolute atomic E-state index is 0. The fraction of sp³-hybridized carbons (Fsp3) is 0.265. The monoisotopic (exact) mass is 564 g/mol.